The molecule has 17 heavy (non-hydrogen) atoms. The summed E-state index contributed by atoms with van der Waals surface area (Å²) in [6.45, 7) is 2.32. The Kier molecular flexibility index (Phi) is 5.49. The molecule has 1 atom stereocenters. The van der Waals surface area contributed by atoms with Gasteiger partial charge in [-0.05, 0) is 37.5 Å². The molecule has 0 radical (unpaired) electrons. The minimum Gasteiger partial charge on any atom is -0.508 e. The van der Waals surface area contributed by atoms with E-state index in [1.54, 1.807) is 31.2 Å². The Bertz CT molecular complexity index is 346. The normalized spacial score (nSPS) is 12.1. The molecule has 1 aromatic carbocycles. The van der Waals surface area contributed by atoms with Gasteiger partial charge in [0.2, 0.25) is 5.91 Å². The molecule has 1 aromatic rings. The van der Waals surface area contributed by atoms with Gasteiger partial charge in [0.15, 0.2) is 0 Å². The van der Waals surface area contributed by atoms with E-state index in [-0.39, 0.29) is 17.8 Å². The molecule has 3 N–H and O–H groups in total. The molecule has 0 saturated carbocycles. The summed E-state index contributed by atoms with van der Waals surface area (Å²) in [5.41, 5.74) is 0.871. The summed E-state index contributed by atoms with van der Waals surface area (Å²) in [4.78, 5) is 11.5. The Balaban J connectivity index is 2.23. The van der Waals surface area contributed by atoms with Gasteiger partial charge in [-0.3, -0.25) is 4.79 Å². The van der Waals surface area contributed by atoms with Crippen LogP contribution in [0.3, 0.4) is 0 Å². The van der Waals surface area contributed by atoms with Crippen LogP contribution in [0.1, 0.15) is 25.3 Å². The number of aliphatic hydroxyl groups is 1. The number of benzene rings is 1. The molecular weight excluding hydrogens is 218 g/mol. The molecule has 0 fully saturated rings. The van der Waals surface area contributed by atoms with Crippen LogP contribution >= 0.6 is 0 Å². The van der Waals surface area contributed by atoms with Gasteiger partial charge in [-0.15, -0.1) is 0 Å². The molecule has 1 amide bonds. The first-order chi connectivity index (χ1) is 8.08. The van der Waals surface area contributed by atoms with Gasteiger partial charge in [0.05, 0.1) is 12.5 Å². The Morgan fingerprint density at radius 3 is 2.59 bits per heavy atom. The zero-order valence-corrected chi connectivity index (χ0v) is 10.0. The van der Waals surface area contributed by atoms with Crippen molar-refractivity contribution in [3.05, 3.63) is 29.8 Å². The molecule has 4 nitrogen and oxygen atoms in total. The minimum absolute atomic E-state index is 0.0405. The van der Waals surface area contributed by atoms with Crippen molar-refractivity contribution in [3.63, 3.8) is 0 Å². The molecule has 0 aliphatic rings. The Labute approximate surface area is 101 Å². The lowest BCUT2D eigenvalue weighted by atomic mass is 10.1. The fourth-order valence-corrected chi connectivity index (χ4v) is 1.49. The highest BCUT2D eigenvalue weighted by molar-refractivity contribution is 5.78. The number of phenolic OH excluding ortho intramolecular Hbond substituents is 1. The number of carbonyl (C=O) groups is 1. The highest BCUT2D eigenvalue weighted by Crippen LogP contribution is 2.09. The van der Waals surface area contributed by atoms with Crippen molar-refractivity contribution in [2.75, 3.05) is 6.54 Å². The van der Waals surface area contributed by atoms with Crippen molar-refractivity contribution in [3.8, 4) is 5.75 Å². The smallest absolute Gasteiger partial charge is 0.224 e. The maximum atomic E-state index is 11.5. The van der Waals surface area contributed by atoms with E-state index in [4.69, 9.17) is 10.2 Å². The molecule has 0 heterocycles. The number of carbonyl (C=O) groups excluding carboxylic acids is 1. The summed E-state index contributed by atoms with van der Waals surface area (Å²) in [6.07, 6.45) is 1.47. The third kappa shape index (κ3) is 5.92. The van der Waals surface area contributed by atoms with E-state index >= 15 is 0 Å². The van der Waals surface area contributed by atoms with Gasteiger partial charge in [-0.1, -0.05) is 12.1 Å². The number of rotatable bonds is 6. The first-order valence-corrected chi connectivity index (χ1v) is 5.80. The van der Waals surface area contributed by atoms with Gasteiger partial charge < -0.3 is 15.5 Å². The quantitative estimate of drug-likeness (QED) is 0.651. The Hall–Kier alpha value is -1.55. The van der Waals surface area contributed by atoms with Gasteiger partial charge in [0, 0.05) is 6.54 Å². The molecule has 1 unspecified atom stereocenters. The first-order valence-electron chi connectivity index (χ1n) is 5.80. The van der Waals surface area contributed by atoms with E-state index in [9.17, 15) is 4.79 Å². The maximum absolute atomic E-state index is 11.5. The molecule has 4 heteroatoms. The summed E-state index contributed by atoms with van der Waals surface area (Å²) in [6, 6.07) is 6.58. The van der Waals surface area contributed by atoms with Gasteiger partial charge in [0.1, 0.15) is 5.75 Å². The number of hydrogen-bond donors (Lipinski definition) is 3. The predicted octanol–water partition coefficient (Wildman–Crippen LogP) is 1.21. The van der Waals surface area contributed by atoms with E-state index in [2.05, 4.69) is 5.32 Å². The van der Waals surface area contributed by atoms with Crippen molar-refractivity contribution >= 4 is 5.91 Å². The number of aliphatic hydroxyl groups excluding tert-OH is 1. The van der Waals surface area contributed by atoms with Gasteiger partial charge in [0.25, 0.3) is 0 Å². The fraction of sp³-hybridized carbons (Fsp3) is 0.462. The number of phenols is 1. The van der Waals surface area contributed by atoms with Crippen molar-refractivity contribution in [2.24, 2.45) is 0 Å². The summed E-state index contributed by atoms with van der Waals surface area (Å²) >= 11 is 0. The third-order valence-corrected chi connectivity index (χ3v) is 2.42. The first kappa shape index (κ1) is 13.5. The summed E-state index contributed by atoms with van der Waals surface area (Å²) in [5.74, 6) is 0.160. The molecule has 0 aliphatic heterocycles. The van der Waals surface area contributed by atoms with Gasteiger partial charge in [-0.2, -0.15) is 0 Å². The van der Waals surface area contributed by atoms with E-state index in [0.717, 1.165) is 12.0 Å². The Morgan fingerprint density at radius 2 is 2.00 bits per heavy atom. The Morgan fingerprint density at radius 1 is 1.35 bits per heavy atom. The highest BCUT2D eigenvalue weighted by atomic mass is 16.3. The third-order valence-electron chi connectivity index (χ3n) is 2.42. The summed E-state index contributed by atoms with van der Waals surface area (Å²) in [5, 5.41) is 20.9. The SMILES string of the molecule is CC(O)CCCNC(=O)Cc1ccc(O)cc1. The number of amides is 1. The van der Waals surface area contributed by atoms with Gasteiger partial charge >= 0.3 is 0 Å². The van der Waals surface area contributed by atoms with E-state index in [1.807, 2.05) is 0 Å². The second kappa shape index (κ2) is 6.91. The summed E-state index contributed by atoms with van der Waals surface area (Å²) in [7, 11) is 0. The zero-order chi connectivity index (χ0) is 12.7. The molecule has 0 spiro atoms. The van der Waals surface area contributed by atoms with Crippen LogP contribution in [0.25, 0.3) is 0 Å². The summed E-state index contributed by atoms with van der Waals surface area (Å²) < 4.78 is 0. The fourth-order valence-electron chi connectivity index (χ4n) is 1.49. The number of nitrogens with one attached hydrogen (secondary N) is 1. The van der Waals surface area contributed by atoms with Gasteiger partial charge in [-0.25, -0.2) is 0 Å². The topological polar surface area (TPSA) is 69.6 Å². The maximum Gasteiger partial charge on any atom is 0.224 e. The highest BCUT2D eigenvalue weighted by Gasteiger charge is 2.03. The lowest BCUT2D eigenvalue weighted by Crippen LogP contribution is -2.26. The molecule has 0 bridgehead atoms. The van der Waals surface area contributed by atoms with Crippen LogP contribution in [-0.4, -0.2) is 28.8 Å². The monoisotopic (exact) mass is 237 g/mol. The molecule has 94 valence electrons. The average molecular weight is 237 g/mol. The second-order valence-electron chi connectivity index (χ2n) is 4.18. The van der Waals surface area contributed by atoms with E-state index in [1.165, 1.54) is 0 Å². The zero-order valence-electron chi connectivity index (χ0n) is 10.0. The van der Waals surface area contributed by atoms with Crippen molar-refractivity contribution in [1.82, 2.24) is 5.32 Å². The predicted molar refractivity (Wildman–Crippen MR) is 65.7 cm³/mol. The van der Waals surface area contributed by atoms with Crippen LogP contribution in [-0.2, 0) is 11.2 Å². The lowest BCUT2D eigenvalue weighted by Gasteiger charge is -2.06. The lowest BCUT2D eigenvalue weighted by molar-refractivity contribution is -0.120. The number of aromatic hydroxyl groups is 1. The van der Waals surface area contributed by atoms with Crippen molar-refractivity contribution < 1.29 is 15.0 Å². The molecule has 1 rings (SSSR count). The minimum atomic E-state index is -0.316. The van der Waals surface area contributed by atoms with E-state index in [0.29, 0.717) is 19.4 Å². The molecular formula is C13H19NO3. The van der Waals surface area contributed by atoms with Crippen LogP contribution in [0.4, 0.5) is 0 Å². The van der Waals surface area contributed by atoms with Crippen LogP contribution < -0.4 is 5.32 Å². The molecule has 0 saturated heterocycles. The van der Waals surface area contributed by atoms with Crippen LogP contribution in [0.2, 0.25) is 0 Å². The van der Waals surface area contributed by atoms with E-state index < -0.39 is 0 Å². The van der Waals surface area contributed by atoms with Crippen LogP contribution in [0, 0.1) is 0 Å². The molecule has 0 aliphatic carbocycles. The van der Waals surface area contributed by atoms with Crippen LogP contribution in [0.5, 0.6) is 5.75 Å². The number of hydrogen-bond acceptors (Lipinski definition) is 3. The largest absolute Gasteiger partial charge is 0.508 e. The second-order valence-corrected chi connectivity index (χ2v) is 4.18. The average Bonchev–Trinajstić information content (AvgIpc) is 2.27. The van der Waals surface area contributed by atoms with Crippen molar-refractivity contribution in [2.45, 2.75) is 32.3 Å². The standard InChI is InChI=1S/C13H19NO3/c1-10(15)3-2-8-14-13(17)9-11-4-6-12(16)7-5-11/h4-7,10,15-16H,2-3,8-9H2,1H3,(H,14,17). The van der Waals surface area contributed by atoms with Crippen LogP contribution in [0.15, 0.2) is 24.3 Å². The van der Waals surface area contributed by atoms with Crippen molar-refractivity contribution in [1.29, 1.82) is 0 Å². The molecule has 0 aromatic heterocycles.